The molecule has 1 heterocycles. The van der Waals surface area contributed by atoms with Crippen molar-refractivity contribution < 1.29 is 18.0 Å². The van der Waals surface area contributed by atoms with Gasteiger partial charge in [-0.1, -0.05) is 29.8 Å². The highest BCUT2D eigenvalue weighted by Crippen LogP contribution is 2.37. The highest BCUT2D eigenvalue weighted by Gasteiger charge is 2.33. The van der Waals surface area contributed by atoms with Crippen molar-refractivity contribution in [2.24, 2.45) is 0 Å². The van der Waals surface area contributed by atoms with Gasteiger partial charge in [-0.3, -0.25) is 9.78 Å². The van der Waals surface area contributed by atoms with E-state index in [0.717, 1.165) is 17.2 Å². The number of carbonyl (C=O) groups excluding carboxylic acids is 1. The maximum absolute atomic E-state index is 13.3. The Bertz CT molecular complexity index is 979. The Kier molecular flexibility index (Phi) is 4.99. The predicted molar refractivity (Wildman–Crippen MR) is 98.5 cm³/mol. The first-order chi connectivity index (χ1) is 12.8. The highest BCUT2D eigenvalue weighted by molar-refractivity contribution is 6.05. The number of nitrogens with zero attached hydrogens (tertiary/aromatic N) is 1. The number of amides is 1. The maximum Gasteiger partial charge on any atom is 0.417 e. The van der Waals surface area contributed by atoms with Gasteiger partial charge in [-0.15, -0.1) is 0 Å². The average molecular weight is 370 g/mol. The second-order valence-corrected chi connectivity index (χ2v) is 6.27. The second-order valence-electron chi connectivity index (χ2n) is 6.27. The first kappa shape index (κ1) is 18.6. The van der Waals surface area contributed by atoms with Crippen LogP contribution in [0.1, 0.15) is 27.0 Å². The summed E-state index contributed by atoms with van der Waals surface area (Å²) in [6.45, 7) is 3.52. The number of rotatable bonds is 3. The summed E-state index contributed by atoms with van der Waals surface area (Å²) in [6.07, 6.45) is -1.31. The SMILES string of the molecule is Cc1ccc(C(F)(F)F)c(-c2ccc(NC(=O)c3ccncc3C)cc2)c1. The van der Waals surface area contributed by atoms with Crippen molar-refractivity contribution in [3.8, 4) is 11.1 Å². The number of hydrogen-bond donors (Lipinski definition) is 1. The molecule has 0 aliphatic heterocycles. The third-order valence-electron chi connectivity index (χ3n) is 4.20. The lowest BCUT2D eigenvalue weighted by atomic mass is 9.97. The number of anilines is 1. The van der Waals surface area contributed by atoms with E-state index in [9.17, 15) is 18.0 Å². The van der Waals surface area contributed by atoms with Crippen LogP contribution >= 0.6 is 0 Å². The lowest BCUT2D eigenvalue weighted by molar-refractivity contribution is -0.137. The maximum atomic E-state index is 13.3. The number of aromatic nitrogens is 1. The second kappa shape index (κ2) is 7.23. The third kappa shape index (κ3) is 4.16. The van der Waals surface area contributed by atoms with Crippen LogP contribution in [0.15, 0.2) is 60.9 Å². The quantitative estimate of drug-likeness (QED) is 0.649. The van der Waals surface area contributed by atoms with E-state index in [1.54, 1.807) is 50.4 Å². The minimum Gasteiger partial charge on any atom is -0.322 e. The van der Waals surface area contributed by atoms with Gasteiger partial charge in [-0.25, -0.2) is 0 Å². The molecule has 0 fully saturated rings. The highest BCUT2D eigenvalue weighted by atomic mass is 19.4. The number of alkyl halides is 3. The Morgan fingerprint density at radius 3 is 2.33 bits per heavy atom. The van der Waals surface area contributed by atoms with Crippen LogP contribution < -0.4 is 5.32 Å². The average Bonchev–Trinajstić information content (AvgIpc) is 2.61. The van der Waals surface area contributed by atoms with Crippen LogP contribution in [-0.4, -0.2) is 10.9 Å². The number of hydrogen-bond acceptors (Lipinski definition) is 2. The zero-order chi connectivity index (χ0) is 19.6. The molecular formula is C21H17F3N2O. The van der Waals surface area contributed by atoms with Crippen molar-refractivity contribution in [3.63, 3.8) is 0 Å². The van der Waals surface area contributed by atoms with Crippen molar-refractivity contribution in [3.05, 3.63) is 83.2 Å². The van der Waals surface area contributed by atoms with Gasteiger partial charge in [0.1, 0.15) is 0 Å². The van der Waals surface area contributed by atoms with Gasteiger partial charge < -0.3 is 5.32 Å². The van der Waals surface area contributed by atoms with Crippen LogP contribution in [0.4, 0.5) is 18.9 Å². The molecule has 0 aliphatic carbocycles. The molecule has 27 heavy (non-hydrogen) atoms. The molecule has 0 spiro atoms. The first-order valence-corrected chi connectivity index (χ1v) is 8.26. The van der Waals surface area contributed by atoms with E-state index in [2.05, 4.69) is 10.3 Å². The number of halogens is 3. The normalized spacial score (nSPS) is 11.3. The molecule has 0 aliphatic rings. The van der Waals surface area contributed by atoms with Crippen molar-refractivity contribution in [2.75, 3.05) is 5.32 Å². The minimum absolute atomic E-state index is 0.116. The van der Waals surface area contributed by atoms with E-state index in [1.165, 1.54) is 18.3 Å². The molecule has 3 rings (SSSR count). The number of aryl methyl sites for hydroxylation is 2. The smallest absolute Gasteiger partial charge is 0.322 e. The molecule has 1 aromatic heterocycles. The van der Waals surface area contributed by atoms with Crippen LogP contribution in [0, 0.1) is 13.8 Å². The molecule has 2 aromatic carbocycles. The van der Waals surface area contributed by atoms with Gasteiger partial charge in [0.25, 0.3) is 5.91 Å². The summed E-state index contributed by atoms with van der Waals surface area (Å²) < 4.78 is 39.8. The van der Waals surface area contributed by atoms with Crippen molar-refractivity contribution in [2.45, 2.75) is 20.0 Å². The third-order valence-corrected chi connectivity index (χ3v) is 4.20. The van der Waals surface area contributed by atoms with E-state index >= 15 is 0 Å². The van der Waals surface area contributed by atoms with Crippen LogP contribution in [0.2, 0.25) is 0 Å². The number of benzene rings is 2. The van der Waals surface area contributed by atoms with Crippen molar-refractivity contribution >= 4 is 11.6 Å². The Morgan fingerprint density at radius 1 is 1.00 bits per heavy atom. The molecule has 3 aromatic rings. The monoisotopic (exact) mass is 370 g/mol. The molecule has 0 radical (unpaired) electrons. The van der Waals surface area contributed by atoms with E-state index in [-0.39, 0.29) is 11.5 Å². The molecule has 3 nitrogen and oxygen atoms in total. The predicted octanol–water partition coefficient (Wildman–Crippen LogP) is 5.64. The summed E-state index contributed by atoms with van der Waals surface area (Å²) in [4.78, 5) is 16.3. The summed E-state index contributed by atoms with van der Waals surface area (Å²) in [7, 11) is 0. The zero-order valence-corrected chi connectivity index (χ0v) is 14.8. The summed E-state index contributed by atoms with van der Waals surface area (Å²) >= 11 is 0. The van der Waals surface area contributed by atoms with E-state index in [4.69, 9.17) is 0 Å². The van der Waals surface area contributed by atoms with Crippen molar-refractivity contribution in [1.29, 1.82) is 0 Å². The molecule has 0 saturated carbocycles. The van der Waals surface area contributed by atoms with Gasteiger partial charge >= 0.3 is 6.18 Å². The van der Waals surface area contributed by atoms with E-state index in [1.807, 2.05) is 0 Å². The molecule has 0 atom stereocenters. The summed E-state index contributed by atoms with van der Waals surface area (Å²) in [5.74, 6) is -0.297. The van der Waals surface area contributed by atoms with Gasteiger partial charge in [0.05, 0.1) is 5.56 Å². The van der Waals surface area contributed by atoms with Crippen LogP contribution in [0.3, 0.4) is 0 Å². The molecule has 1 amide bonds. The Labute approximate surface area is 154 Å². The molecule has 138 valence electrons. The summed E-state index contributed by atoms with van der Waals surface area (Å²) in [6, 6.07) is 12.0. The minimum atomic E-state index is -4.44. The summed E-state index contributed by atoms with van der Waals surface area (Å²) in [5.41, 5.74) is 2.34. The Morgan fingerprint density at radius 2 is 1.70 bits per heavy atom. The van der Waals surface area contributed by atoms with Gasteiger partial charge in [-0.05, 0) is 54.8 Å². The van der Waals surface area contributed by atoms with Crippen LogP contribution in [-0.2, 0) is 6.18 Å². The number of nitrogens with one attached hydrogen (secondary N) is 1. The van der Waals surface area contributed by atoms with Gasteiger partial charge in [0.15, 0.2) is 0 Å². The lowest BCUT2D eigenvalue weighted by Crippen LogP contribution is -2.13. The fourth-order valence-electron chi connectivity index (χ4n) is 2.80. The summed E-state index contributed by atoms with van der Waals surface area (Å²) in [5, 5.41) is 2.75. The van der Waals surface area contributed by atoms with Gasteiger partial charge in [-0.2, -0.15) is 13.2 Å². The number of pyridine rings is 1. The fourth-order valence-corrected chi connectivity index (χ4v) is 2.80. The molecule has 6 heteroatoms. The molecule has 0 bridgehead atoms. The van der Waals surface area contributed by atoms with E-state index in [0.29, 0.717) is 16.8 Å². The standard InChI is InChI=1S/C21H17F3N2O/c1-13-3-8-19(21(22,23)24)18(11-13)15-4-6-16(7-5-15)26-20(27)17-9-10-25-12-14(17)2/h3-12H,1-2H3,(H,26,27). The van der Waals surface area contributed by atoms with Crippen LogP contribution in [0.5, 0.6) is 0 Å². The van der Waals surface area contributed by atoms with E-state index < -0.39 is 11.7 Å². The first-order valence-electron chi connectivity index (χ1n) is 8.26. The topological polar surface area (TPSA) is 42.0 Å². The van der Waals surface area contributed by atoms with Crippen LogP contribution in [0.25, 0.3) is 11.1 Å². The fraction of sp³-hybridized carbons (Fsp3) is 0.143. The molecular weight excluding hydrogens is 353 g/mol. The van der Waals surface area contributed by atoms with Crippen molar-refractivity contribution in [1.82, 2.24) is 4.98 Å². The van der Waals surface area contributed by atoms with Gasteiger partial charge in [0.2, 0.25) is 0 Å². The Hall–Kier alpha value is -3.15. The largest absolute Gasteiger partial charge is 0.417 e. The zero-order valence-electron chi connectivity index (χ0n) is 14.8. The molecule has 1 N–H and O–H groups in total. The van der Waals surface area contributed by atoms with Gasteiger partial charge in [0, 0.05) is 23.6 Å². The Balaban J connectivity index is 1.88. The number of carbonyl (C=O) groups is 1. The molecule has 0 unspecified atom stereocenters. The molecule has 0 saturated heterocycles. The lowest BCUT2D eigenvalue weighted by Gasteiger charge is -2.14.